The van der Waals surface area contributed by atoms with Crippen molar-refractivity contribution in [1.82, 2.24) is 0 Å². The van der Waals surface area contributed by atoms with E-state index in [4.69, 9.17) is 32.7 Å². The standard InChI is InChI=1S/C16H11ClF3NO4.C15H10ClNO4/c17-13-7-10(21(23)24)2-4-14(13)25-11-3-1-9-5-6-15(22,12(9)8-11)16(18,19)20;16-13-7-10(17(19)20)3-6-15(13)21-11-4-1-9-2-5-14(18)12(9)8-11/h1-4,7-8,22H,5-6H2;1,3-4,6-8H,2,5H2. The molecule has 238 valence electrons. The van der Waals surface area contributed by atoms with Crippen LogP contribution in [0.2, 0.25) is 10.0 Å². The van der Waals surface area contributed by atoms with Gasteiger partial charge in [-0.25, -0.2) is 0 Å². The second-order valence-electron chi connectivity index (χ2n) is 10.4. The monoisotopic (exact) mass is 676 g/mol. The smallest absolute Gasteiger partial charge is 0.421 e. The van der Waals surface area contributed by atoms with Crippen LogP contribution in [0, 0.1) is 20.2 Å². The average molecular weight is 677 g/mol. The highest BCUT2D eigenvalue weighted by molar-refractivity contribution is 6.32. The molecule has 4 aromatic carbocycles. The Morgan fingerprint density at radius 2 is 1.26 bits per heavy atom. The van der Waals surface area contributed by atoms with Gasteiger partial charge in [0.15, 0.2) is 11.4 Å². The molecule has 4 aromatic rings. The van der Waals surface area contributed by atoms with Gasteiger partial charge < -0.3 is 14.6 Å². The molecule has 0 heterocycles. The number of carbonyl (C=O) groups is 1. The molecule has 0 fully saturated rings. The number of ketones is 1. The molecule has 0 radical (unpaired) electrons. The second-order valence-corrected chi connectivity index (χ2v) is 11.2. The second kappa shape index (κ2) is 12.6. The predicted octanol–water partition coefficient (Wildman–Crippen LogP) is 8.91. The van der Waals surface area contributed by atoms with Gasteiger partial charge in [-0.05, 0) is 72.4 Å². The van der Waals surface area contributed by atoms with Crippen molar-refractivity contribution in [2.75, 3.05) is 0 Å². The minimum absolute atomic E-state index is 0.0408. The summed E-state index contributed by atoms with van der Waals surface area (Å²) in [6.07, 6.45) is -3.87. The number of aliphatic hydroxyl groups is 1. The van der Waals surface area contributed by atoms with Gasteiger partial charge in [0.25, 0.3) is 11.4 Å². The topological polar surface area (TPSA) is 142 Å². The van der Waals surface area contributed by atoms with Gasteiger partial charge in [0, 0.05) is 36.2 Å². The number of halogens is 5. The molecular formula is C31H21Cl2F3N2O8. The first-order chi connectivity index (χ1) is 21.7. The molecule has 0 spiro atoms. The largest absolute Gasteiger partial charge is 0.456 e. The molecule has 0 aromatic heterocycles. The quantitative estimate of drug-likeness (QED) is 0.158. The number of rotatable bonds is 6. The summed E-state index contributed by atoms with van der Waals surface area (Å²) in [5.74, 6) is 0.998. The molecule has 0 amide bonds. The van der Waals surface area contributed by atoms with Crippen molar-refractivity contribution in [2.24, 2.45) is 0 Å². The number of aryl methyl sites for hydroxylation is 2. The highest BCUT2D eigenvalue weighted by Gasteiger charge is 2.57. The fraction of sp³-hybridized carbons (Fsp3) is 0.194. The summed E-state index contributed by atoms with van der Waals surface area (Å²) in [6, 6.07) is 16.8. The number of ether oxygens (including phenoxy) is 2. The Kier molecular flexibility index (Phi) is 8.94. The highest BCUT2D eigenvalue weighted by Crippen LogP contribution is 2.49. The number of Topliss-reactive ketones (excluding diaryl/α,β-unsaturated/α-hetero) is 1. The van der Waals surface area contributed by atoms with E-state index in [1.54, 1.807) is 12.1 Å². The Balaban J connectivity index is 0.000000184. The number of hydrogen-bond acceptors (Lipinski definition) is 8. The molecule has 0 aliphatic heterocycles. The summed E-state index contributed by atoms with van der Waals surface area (Å²) in [7, 11) is 0. The molecule has 10 nitrogen and oxygen atoms in total. The number of fused-ring (bicyclic) bond motifs is 2. The van der Waals surface area contributed by atoms with Crippen LogP contribution in [-0.2, 0) is 18.4 Å². The van der Waals surface area contributed by atoms with E-state index >= 15 is 0 Å². The van der Waals surface area contributed by atoms with E-state index in [0.29, 0.717) is 29.0 Å². The van der Waals surface area contributed by atoms with Crippen molar-refractivity contribution in [3.05, 3.63) is 125 Å². The molecule has 2 aliphatic carbocycles. The molecule has 1 unspecified atom stereocenters. The summed E-state index contributed by atoms with van der Waals surface area (Å²) in [5, 5.41) is 31.5. The number of alkyl halides is 3. The Bertz CT molecular complexity index is 1890. The zero-order valence-electron chi connectivity index (χ0n) is 23.3. The van der Waals surface area contributed by atoms with Gasteiger partial charge in [0.2, 0.25) is 0 Å². The lowest BCUT2D eigenvalue weighted by Gasteiger charge is -2.27. The van der Waals surface area contributed by atoms with E-state index in [2.05, 4.69) is 0 Å². The molecule has 0 saturated carbocycles. The van der Waals surface area contributed by atoms with Crippen LogP contribution >= 0.6 is 23.2 Å². The lowest BCUT2D eigenvalue weighted by molar-refractivity contribution is -0.385. The van der Waals surface area contributed by atoms with Crippen LogP contribution in [0.4, 0.5) is 24.5 Å². The first-order valence-electron chi connectivity index (χ1n) is 13.5. The lowest BCUT2D eigenvalue weighted by atomic mass is 9.95. The van der Waals surface area contributed by atoms with Crippen LogP contribution in [0.15, 0.2) is 72.8 Å². The summed E-state index contributed by atoms with van der Waals surface area (Å²) < 4.78 is 50.6. The number of nitro benzene ring substituents is 2. The van der Waals surface area contributed by atoms with E-state index < -0.39 is 28.0 Å². The number of carbonyl (C=O) groups excluding carboxylic acids is 1. The fourth-order valence-corrected chi connectivity index (χ4v) is 5.50. The Labute approximate surface area is 268 Å². The number of hydrogen-bond donors (Lipinski definition) is 1. The first-order valence-corrected chi connectivity index (χ1v) is 14.2. The van der Waals surface area contributed by atoms with Crippen LogP contribution in [0.1, 0.15) is 39.9 Å². The predicted molar refractivity (Wildman–Crippen MR) is 160 cm³/mol. The van der Waals surface area contributed by atoms with Crippen LogP contribution in [0.5, 0.6) is 23.0 Å². The van der Waals surface area contributed by atoms with Crippen LogP contribution in [-0.4, -0.2) is 26.9 Å². The Morgan fingerprint density at radius 3 is 1.76 bits per heavy atom. The molecule has 2 aliphatic rings. The van der Waals surface area contributed by atoms with Gasteiger partial charge in [-0.2, -0.15) is 13.2 Å². The summed E-state index contributed by atoms with van der Waals surface area (Å²) >= 11 is 11.9. The van der Waals surface area contributed by atoms with Crippen molar-refractivity contribution < 1.29 is 42.4 Å². The van der Waals surface area contributed by atoms with E-state index in [1.165, 1.54) is 42.5 Å². The van der Waals surface area contributed by atoms with Gasteiger partial charge in [-0.15, -0.1) is 0 Å². The van der Waals surface area contributed by atoms with Crippen LogP contribution < -0.4 is 9.47 Å². The first kappa shape index (κ1) is 32.7. The fourth-order valence-electron chi connectivity index (χ4n) is 5.07. The molecule has 46 heavy (non-hydrogen) atoms. The summed E-state index contributed by atoms with van der Waals surface area (Å²) in [5.41, 5.74) is -1.43. The zero-order chi connectivity index (χ0) is 33.4. The number of nitro groups is 2. The number of non-ortho nitro benzene ring substituents is 2. The molecule has 0 saturated heterocycles. The maximum absolute atomic E-state index is 13.2. The van der Waals surface area contributed by atoms with Crippen molar-refractivity contribution in [2.45, 2.75) is 37.5 Å². The number of nitrogens with zero attached hydrogens (tertiary/aromatic N) is 2. The van der Waals surface area contributed by atoms with Gasteiger partial charge in [0.05, 0.1) is 19.9 Å². The minimum atomic E-state index is -4.80. The average Bonchev–Trinajstić information content (AvgIpc) is 3.55. The molecule has 1 N–H and O–H groups in total. The van der Waals surface area contributed by atoms with Crippen LogP contribution in [0.3, 0.4) is 0 Å². The third kappa shape index (κ3) is 6.62. The molecule has 6 rings (SSSR count). The Morgan fingerprint density at radius 1 is 0.739 bits per heavy atom. The van der Waals surface area contributed by atoms with Crippen molar-refractivity contribution in [3.8, 4) is 23.0 Å². The third-order valence-electron chi connectivity index (χ3n) is 7.46. The highest BCUT2D eigenvalue weighted by atomic mass is 35.5. The Hall–Kier alpha value is -4.72. The van der Waals surface area contributed by atoms with Crippen LogP contribution in [0.25, 0.3) is 0 Å². The van der Waals surface area contributed by atoms with E-state index in [9.17, 15) is 43.3 Å². The summed E-state index contributed by atoms with van der Waals surface area (Å²) in [4.78, 5) is 31.9. The van der Waals surface area contributed by atoms with Gasteiger partial charge in [-0.1, -0.05) is 35.3 Å². The molecule has 1 atom stereocenters. The van der Waals surface area contributed by atoms with Crippen molar-refractivity contribution in [1.29, 1.82) is 0 Å². The minimum Gasteiger partial charge on any atom is -0.456 e. The molecular weight excluding hydrogens is 656 g/mol. The van der Waals surface area contributed by atoms with E-state index in [1.807, 2.05) is 6.07 Å². The van der Waals surface area contributed by atoms with E-state index in [-0.39, 0.29) is 50.7 Å². The van der Waals surface area contributed by atoms with Gasteiger partial charge in [0.1, 0.15) is 23.0 Å². The molecule has 15 heteroatoms. The van der Waals surface area contributed by atoms with Crippen molar-refractivity contribution in [3.63, 3.8) is 0 Å². The third-order valence-corrected chi connectivity index (χ3v) is 8.05. The SMILES string of the molecule is O=C1CCc2ccc(Oc3ccc([N+](=O)[O-])cc3Cl)cc21.O=[N+]([O-])c1ccc(Oc2ccc3c(c2)C(O)(C(F)(F)F)CC3)c(Cl)c1. The normalized spacial score (nSPS) is 16.6. The maximum atomic E-state index is 13.2. The van der Waals surface area contributed by atoms with Gasteiger partial charge in [-0.3, -0.25) is 25.0 Å². The number of benzene rings is 4. The maximum Gasteiger partial charge on any atom is 0.421 e. The van der Waals surface area contributed by atoms with Gasteiger partial charge >= 0.3 is 6.18 Å². The lowest BCUT2D eigenvalue weighted by Crippen LogP contribution is -2.40. The zero-order valence-corrected chi connectivity index (χ0v) is 24.9. The molecule has 0 bridgehead atoms. The summed E-state index contributed by atoms with van der Waals surface area (Å²) in [6.45, 7) is 0. The van der Waals surface area contributed by atoms with E-state index in [0.717, 1.165) is 24.1 Å². The van der Waals surface area contributed by atoms with Crippen molar-refractivity contribution >= 4 is 40.4 Å².